The number of nitrogens with one attached hydrogen (secondary N) is 1. The summed E-state index contributed by atoms with van der Waals surface area (Å²) in [6, 6.07) is 0. The van der Waals surface area contributed by atoms with E-state index < -0.39 is 0 Å². The molecule has 2 aliphatic rings. The number of aromatic amines is 1. The second-order valence-electron chi connectivity index (χ2n) is 7.24. The lowest BCUT2D eigenvalue weighted by atomic mass is 10.1. The molecule has 2 aliphatic heterocycles. The molecule has 2 aromatic heterocycles. The molecule has 0 unspecified atom stereocenters. The van der Waals surface area contributed by atoms with Crippen LogP contribution >= 0.6 is 11.3 Å². The summed E-state index contributed by atoms with van der Waals surface area (Å²) in [6.07, 6.45) is 1.59. The first-order valence-electron chi connectivity index (χ1n) is 9.27. The van der Waals surface area contributed by atoms with Gasteiger partial charge in [0.2, 0.25) is 5.95 Å². The second-order valence-corrected chi connectivity index (χ2v) is 8.18. The summed E-state index contributed by atoms with van der Waals surface area (Å²) in [5, 5.41) is 0. The molecule has 140 valence electrons. The minimum absolute atomic E-state index is 0.0414. The van der Waals surface area contributed by atoms with Crippen LogP contribution in [0, 0.1) is 6.92 Å². The third-order valence-electron chi connectivity index (χ3n) is 5.45. The van der Waals surface area contributed by atoms with E-state index in [1.807, 2.05) is 5.51 Å². The van der Waals surface area contributed by atoms with E-state index in [2.05, 4.69) is 38.6 Å². The Morgan fingerprint density at radius 1 is 1.15 bits per heavy atom. The van der Waals surface area contributed by atoms with Crippen LogP contribution in [0.5, 0.6) is 0 Å². The van der Waals surface area contributed by atoms with Crippen molar-refractivity contribution in [3.05, 3.63) is 37.7 Å². The van der Waals surface area contributed by atoms with Gasteiger partial charge in [-0.2, -0.15) is 0 Å². The molecule has 8 heteroatoms. The van der Waals surface area contributed by atoms with Crippen LogP contribution in [-0.4, -0.2) is 71.1 Å². The zero-order chi connectivity index (χ0) is 18.1. The number of likely N-dealkylation sites (N-methyl/N-ethyl adjacent to an activating group) is 1. The topological polar surface area (TPSA) is 68.4 Å². The number of piperazine rings is 1. The fraction of sp³-hybridized carbons (Fsp3) is 0.611. The Balaban J connectivity index is 1.50. The van der Waals surface area contributed by atoms with Crippen molar-refractivity contribution in [2.75, 3.05) is 51.2 Å². The molecule has 0 radical (unpaired) electrons. The highest BCUT2D eigenvalue weighted by molar-refractivity contribution is 7.09. The molecule has 1 N–H and O–H groups in total. The number of nitrogens with zero attached hydrogens (tertiary/aromatic N) is 5. The van der Waals surface area contributed by atoms with E-state index in [0.29, 0.717) is 0 Å². The average Bonchev–Trinajstić information content (AvgIpc) is 2.91. The Hall–Kier alpha value is -1.77. The fourth-order valence-electron chi connectivity index (χ4n) is 3.65. The lowest BCUT2D eigenvalue weighted by molar-refractivity contribution is 0.280. The first-order chi connectivity index (χ1) is 12.6. The monoisotopic (exact) mass is 374 g/mol. The maximum atomic E-state index is 12.7. The number of hydrogen-bond acceptors (Lipinski definition) is 7. The van der Waals surface area contributed by atoms with Crippen molar-refractivity contribution >= 4 is 17.3 Å². The van der Waals surface area contributed by atoms with E-state index in [-0.39, 0.29) is 5.56 Å². The largest absolute Gasteiger partial charge is 0.340 e. The van der Waals surface area contributed by atoms with Crippen LogP contribution in [0.15, 0.2) is 10.3 Å². The molecule has 0 amide bonds. The molecule has 1 saturated heterocycles. The van der Waals surface area contributed by atoms with E-state index in [1.165, 1.54) is 4.88 Å². The van der Waals surface area contributed by atoms with Gasteiger partial charge in [0, 0.05) is 62.7 Å². The number of rotatable bonds is 3. The summed E-state index contributed by atoms with van der Waals surface area (Å²) in [5.41, 5.74) is 4.91. The van der Waals surface area contributed by atoms with Gasteiger partial charge in [-0.15, -0.1) is 11.3 Å². The van der Waals surface area contributed by atoms with Gasteiger partial charge in [-0.05, 0) is 20.4 Å². The molecule has 26 heavy (non-hydrogen) atoms. The molecule has 0 bridgehead atoms. The molecule has 4 rings (SSSR count). The van der Waals surface area contributed by atoms with Gasteiger partial charge in [-0.3, -0.25) is 14.7 Å². The highest BCUT2D eigenvalue weighted by atomic mass is 32.1. The van der Waals surface area contributed by atoms with Gasteiger partial charge in [0.05, 0.1) is 16.9 Å². The van der Waals surface area contributed by atoms with Crippen LogP contribution in [0.1, 0.15) is 21.8 Å². The molecule has 0 aliphatic carbocycles. The van der Waals surface area contributed by atoms with Gasteiger partial charge in [-0.25, -0.2) is 9.97 Å². The van der Waals surface area contributed by atoms with Crippen molar-refractivity contribution in [1.82, 2.24) is 24.8 Å². The molecule has 0 saturated carbocycles. The summed E-state index contributed by atoms with van der Waals surface area (Å²) in [5.74, 6) is 0.744. The van der Waals surface area contributed by atoms with Gasteiger partial charge >= 0.3 is 0 Å². The van der Waals surface area contributed by atoms with Gasteiger partial charge in [-0.1, -0.05) is 0 Å². The summed E-state index contributed by atoms with van der Waals surface area (Å²) < 4.78 is 0. The molecular weight excluding hydrogens is 348 g/mol. The molecule has 0 atom stereocenters. The number of thiazole rings is 1. The Kier molecular flexibility index (Phi) is 5.06. The number of anilines is 1. The van der Waals surface area contributed by atoms with Crippen molar-refractivity contribution < 1.29 is 0 Å². The number of aryl methyl sites for hydroxylation is 1. The van der Waals surface area contributed by atoms with Crippen molar-refractivity contribution in [1.29, 1.82) is 0 Å². The Morgan fingerprint density at radius 2 is 1.92 bits per heavy atom. The van der Waals surface area contributed by atoms with E-state index >= 15 is 0 Å². The van der Waals surface area contributed by atoms with Crippen LogP contribution in [0.25, 0.3) is 0 Å². The molecule has 1 fully saturated rings. The first kappa shape index (κ1) is 17.6. The lowest BCUT2D eigenvalue weighted by Gasteiger charge is -2.32. The third-order valence-corrected chi connectivity index (χ3v) is 6.37. The van der Waals surface area contributed by atoms with E-state index in [4.69, 9.17) is 4.98 Å². The second kappa shape index (κ2) is 7.46. The normalized spacial score (nSPS) is 19.4. The summed E-state index contributed by atoms with van der Waals surface area (Å²) in [4.78, 5) is 33.1. The maximum Gasteiger partial charge on any atom is 0.255 e. The number of aromatic nitrogens is 3. The molecule has 2 aromatic rings. The quantitative estimate of drug-likeness (QED) is 0.861. The SMILES string of the molecule is Cc1ncsc1CN1CCc2nc(N3CCN(C)CC3)[nH]c(=O)c2CC1. The maximum absolute atomic E-state index is 12.7. The van der Waals surface area contributed by atoms with Crippen molar-refractivity contribution in [3.8, 4) is 0 Å². The van der Waals surface area contributed by atoms with Gasteiger partial charge in [0.15, 0.2) is 0 Å². The van der Waals surface area contributed by atoms with Crippen LogP contribution in [0.2, 0.25) is 0 Å². The molecule has 0 aromatic carbocycles. The molecular formula is C18H26N6OS. The highest BCUT2D eigenvalue weighted by Gasteiger charge is 2.22. The highest BCUT2D eigenvalue weighted by Crippen LogP contribution is 2.19. The van der Waals surface area contributed by atoms with Gasteiger partial charge in [0.1, 0.15) is 0 Å². The zero-order valence-electron chi connectivity index (χ0n) is 15.5. The zero-order valence-corrected chi connectivity index (χ0v) is 16.3. The lowest BCUT2D eigenvalue weighted by Crippen LogP contribution is -2.45. The standard InChI is InChI=1S/C18H26N6OS/c1-13-16(26-12-19-13)11-23-5-3-14-15(4-6-23)20-18(21-17(14)25)24-9-7-22(2)8-10-24/h12H,3-11H2,1-2H3,(H,20,21,25). The smallest absolute Gasteiger partial charge is 0.255 e. The number of fused-ring (bicyclic) bond motifs is 1. The Bertz CT molecular complexity index is 823. The molecule has 4 heterocycles. The summed E-state index contributed by atoms with van der Waals surface area (Å²) in [7, 11) is 2.13. The van der Waals surface area contributed by atoms with Gasteiger partial charge in [0.25, 0.3) is 5.56 Å². The molecule has 0 spiro atoms. The molecule has 7 nitrogen and oxygen atoms in total. The van der Waals surface area contributed by atoms with E-state index in [1.54, 1.807) is 11.3 Å². The van der Waals surface area contributed by atoms with Crippen molar-refractivity contribution in [2.45, 2.75) is 26.3 Å². The van der Waals surface area contributed by atoms with Crippen LogP contribution in [0.4, 0.5) is 5.95 Å². The summed E-state index contributed by atoms with van der Waals surface area (Å²) >= 11 is 1.71. The Labute approximate surface area is 157 Å². The predicted molar refractivity (Wildman–Crippen MR) is 104 cm³/mol. The summed E-state index contributed by atoms with van der Waals surface area (Å²) in [6.45, 7) is 8.63. The Morgan fingerprint density at radius 3 is 2.65 bits per heavy atom. The van der Waals surface area contributed by atoms with Crippen molar-refractivity contribution in [2.24, 2.45) is 0 Å². The number of H-pyrrole nitrogens is 1. The number of hydrogen-bond donors (Lipinski definition) is 1. The van der Waals surface area contributed by atoms with E-state index in [9.17, 15) is 4.79 Å². The minimum Gasteiger partial charge on any atom is -0.340 e. The van der Waals surface area contributed by atoms with Crippen LogP contribution in [-0.2, 0) is 19.4 Å². The van der Waals surface area contributed by atoms with Gasteiger partial charge < -0.3 is 9.80 Å². The third kappa shape index (κ3) is 3.67. The van der Waals surface area contributed by atoms with Crippen LogP contribution < -0.4 is 10.5 Å². The van der Waals surface area contributed by atoms with E-state index in [0.717, 1.165) is 81.6 Å². The minimum atomic E-state index is 0.0414. The van der Waals surface area contributed by atoms with Crippen LogP contribution in [0.3, 0.4) is 0 Å². The predicted octanol–water partition coefficient (Wildman–Crippen LogP) is 0.887. The fourth-order valence-corrected chi connectivity index (χ4v) is 4.47. The van der Waals surface area contributed by atoms with Crippen molar-refractivity contribution in [3.63, 3.8) is 0 Å². The first-order valence-corrected chi connectivity index (χ1v) is 10.1. The average molecular weight is 375 g/mol.